The van der Waals surface area contributed by atoms with Gasteiger partial charge in [0, 0.05) is 34.7 Å². The Bertz CT molecular complexity index is 734. The minimum atomic E-state index is -3.59. The van der Waals surface area contributed by atoms with E-state index in [-0.39, 0.29) is 16.9 Å². The van der Waals surface area contributed by atoms with Gasteiger partial charge in [0.1, 0.15) is 6.10 Å². The van der Waals surface area contributed by atoms with Gasteiger partial charge in [0.05, 0.1) is 22.4 Å². The number of hydrogen-bond acceptors (Lipinski definition) is 6. The van der Waals surface area contributed by atoms with Crippen molar-refractivity contribution in [1.29, 1.82) is 0 Å². The van der Waals surface area contributed by atoms with Gasteiger partial charge in [-0.05, 0) is 31.0 Å². The van der Waals surface area contributed by atoms with E-state index in [0.717, 1.165) is 10.7 Å². The summed E-state index contributed by atoms with van der Waals surface area (Å²) in [5.74, 6) is -0.293. The number of nitrogens with zero attached hydrogens (tertiary/aromatic N) is 2. The van der Waals surface area contributed by atoms with Crippen LogP contribution in [0, 0.1) is 0 Å². The third-order valence-corrected chi connectivity index (χ3v) is 5.96. The number of nitrogens with two attached hydrogens (primary N) is 1. The van der Waals surface area contributed by atoms with Crippen molar-refractivity contribution >= 4 is 27.3 Å². The molecule has 3 N–H and O–H groups in total. The van der Waals surface area contributed by atoms with Gasteiger partial charge in [0.15, 0.2) is 0 Å². The molecule has 2 atom stereocenters. The molecule has 1 aromatic carbocycles. The smallest absolute Gasteiger partial charge is 0.253 e. The normalized spacial score (nSPS) is 20.7. The molecule has 140 valence electrons. The molecule has 1 amide bonds. The largest absolute Gasteiger partial charge is 0.376 e. The van der Waals surface area contributed by atoms with E-state index < -0.39 is 16.1 Å². The molecule has 8 nitrogen and oxygen atoms in total. The summed E-state index contributed by atoms with van der Waals surface area (Å²) >= 11 is 0. The summed E-state index contributed by atoms with van der Waals surface area (Å²) in [6, 6.07) is 4.67. The molecule has 9 heteroatoms. The number of anilines is 2. The van der Waals surface area contributed by atoms with Crippen LogP contribution in [-0.4, -0.2) is 65.6 Å². The zero-order chi connectivity index (χ0) is 18.8. The maximum Gasteiger partial charge on any atom is 0.253 e. The third-order valence-electron chi connectivity index (χ3n) is 4.15. The van der Waals surface area contributed by atoms with Crippen molar-refractivity contribution in [1.82, 2.24) is 4.31 Å². The quantitative estimate of drug-likeness (QED) is 0.753. The minimum Gasteiger partial charge on any atom is -0.376 e. The van der Waals surface area contributed by atoms with Gasteiger partial charge < -0.3 is 20.7 Å². The molecule has 0 aliphatic carbocycles. The first-order valence-corrected chi connectivity index (χ1v) is 9.51. The Hall–Kier alpha value is -1.68. The first-order chi connectivity index (χ1) is 11.7. The van der Waals surface area contributed by atoms with Gasteiger partial charge in [-0.2, -0.15) is 0 Å². The molecule has 0 saturated carbocycles. The summed E-state index contributed by atoms with van der Waals surface area (Å²) in [6.45, 7) is 0.378. The lowest BCUT2D eigenvalue weighted by Crippen LogP contribution is -2.30. The van der Waals surface area contributed by atoms with Gasteiger partial charge >= 0.3 is 0 Å². The standard InChI is InChI=1S/C16H26N4O4S/c1-19(2)14-7-6-12(25(22,23)20(3)4)9-13(14)18-16(21)15-8-5-11(10-17)24-15/h6-7,9,11,15H,5,8,10,17H2,1-4H3,(H,18,21)/t11-,15+/m1/s1. The number of nitrogens with one attached hydrogen (secondary N) is 1. The van der Waals surface area contributed by atoms with E-state index in [4.69, 9.17) is 10.5 Å². The second-order valence-corrected chi connectivity index (χ2v) is 8.56. The van der Waals surface area contributed by atoms with Crippen molar-refractivity contribution in [3.05, 3.63) is 18.2 Å². The van der Waals surface area contributed by atoms with Crippen LogP contribution in [0.25, 0.3) is 0 Å². The Labute approximate surface area is 149 Å². The Morgan fingerprint density at radius 2 is 1.96 bits per heavy atom. The summed E-state index contributed by atoms with van der Waals surface area (Å²) in [5, 5.41) is 2.80. The second kappa shape index (κ2) is 7.69. The molecule has 1 heterocycles. The van der Waals surface area contributed by atoms with Gasteiger partial charge in [-0.1, -0.05) is 0 Å². The summed E-state index contributed by atoms with van der Waals surface area (Å²) in [4.78, 5) is 14.4. The van der Waals surface area contributed by atoms with Crippen molar-refractivity contribution in [2.75, 3.05) is 45.0 Å². The Kier molecular flexibility index (Phi) is 6.04. The number of ether oxygens (including phenoxy) is 1. The highest BCUT2D eigenvalue weighted by molar-refractivity contribution is 7.89. The highest BCUT2D eigenvalue weighted by atomic mass is 32.2. The predicted molar refractivity (Wildman–Crippen MR) is 97.2 cm³/mol. The van der Waals surface area contributed by atoms with Crippen LogP contribution in [0.2, 0.25) is 0 Å². The molecule has 0 aromatic heterocycles. The van der Waals surface area contributed by atoms with Gasteiger partial charge in [-0.25, -0.2) is 12.7 Å². The number of amides is 1. The number of sulfonamides is 1. The van der Waals surface area contributed by atoms with Crippen LogP contribution >= 0.6 is 0 Å². The average molecular weight is 370 g/mol. The van der Waals surface area contributed by atoms with E-state index in [0.29, 0.717) is 24.3 Å². The lowest BCUT2D eigenvalue weighted by Gasteiger charge is -2.21. The van der Waals surface area contributed by atoms with Gasteiger partial charge in [-0.15, -0.1) is 0 Å². The van der Waals surface area contributed by atoms with E-state index in [2.05, 4.69) is 5.32 Å². The highest BCUT2D eigenvalue weighted by Crippen LogP contribution is 2.29. The van der Waals surface area contributed by atoms with Gasteiger partial charge in [0.2, 0.25) is 10.0 Å². The Morgan fingerprint density at radius 3 is 2.48 bits per heavy atom. The lowest BCUT2D eigenvalue weighted by molar-refractivity contribution is -0.126. The van der Waals surface area contributed by atoms with Crippen LogP contribution in [-0.2, 0) is 19.6 Å². The first-order valence-electron chi connectivity index (χ1n) is 8.07. The number of carbonyl (C=O) groups is 1. The Morgan fingerprint density at radius 1 is 1.28 bits per heavy atom. The fraction of sp³-hybridized carbons (Fsp3) is 0.562. The van der Waals surface area contributed by atoms with Crippen molar-refractivity contribution in [3.63, 3.8) is 0 Å². The van der Waals surface area contributed by atoms with E-state index in [1.165, 1.54) is 26.2 Å². The molecule has 0 radical (unpaired) electrons. The molecule has 25 heavy (non-hydrogen) atoms. The number of benzene rings is 1. The molecule has 1 aliphatic rings. The minimum absolute atomic E-state index is 0.107. The molecular weight excluding hydrogens is 344 g/mol. The second-order valence-electron chi connectivity index (χ2n) is 6.41. The maximum absolute atomic E-state index is 12.5. The molecule has 1 saturated heterocycles. The summed E-state index contributed by atoms with van der Waals surface area (Å²) in [7, 11) is 2.98. The first kappa shape index (κ1) is 19.6. The predicted octanol–water partition coefficient (Wildman–Crippen LogP) is 0.448. The Balaban J connectivity index is 2.30. The van der Waals surface area contributed by atoms with Crippen LogP contribution < -0.4 is 16.0 Å². The van der Waals surface area contributed by atoms with Crippen molar-refractivity contribution in [2.24, 2.45) is 5.73 Å². The number of rotatable bonds is 6. The van der Waals surface area contributed by atoms with Gasteiger partial charge in [-0.3, -0.25) is 4.79 Å². The molecule has 1 aromatic rings. The summed E-state index contributed by atoms with van der Waals surface area (Å²) < 4.78 is 31.4. The van der Waals surface area contributed by atoms with Crippen LogP contribution in [0.15, 0.2) is 23.1 Å². The lowest BCUT2D eigenvalue weighted by atomic mass is 10.2. The van der Waals surface area contributed by atoms with Crippen LogP contribution in [0.3, 0.4) is 0 Å². The molecule has 0 bridgehead atoms. The highest BCUT2D eigenvalue weighted by Gasteiger charge is 2.30. The zero-order valence-corrected chi connectivity index (χ0v) is 15.8. The van der Waals surface area contributed by atoms with Crippen LogP contribution in [0.1, 0.15) is 12.8 Å². The average Bonchev–Trinajstić information content (AvgIpc) is 3.03. The van der Waals surface area contributed by atoms with E-state index in [1.54, 1.807) is 11.0 Å². The fourth-order valence-electron chi connectivity index (χ4n) is 2.66. The monoisotopic (exact) mass is 370 g/mol. The molecule has 1 fully saturated rings. The van der Waals surface area contributed by atoms with E-state index >= 15 is 0 Å². The summed E-state index contributed by atoms with van der Waals surface area (Å²) in [6.07, 6.45) is 0.660. The molecule has 0 unspecified atom stereocenters. The SMILES string of the molecule is CN(C)c1ccc(S(=O)(=O)N(C)C)cc1NC(=O)[C@@H]1CC[C@H](CN)O1. The topological polar surface area (TPSA) is 105 Å². The maximum atomic E-state index is 12.5. The van der Waals surface area contributed by atoms with Crippen LogP contribution in [0.5, 0.6) is 0 Å². The van der Waals surface area contributed by atoms with Crippen molar-refractivity contribution in [2.45, 2.75) is 29.9 Å². The number of hydrogen-bond donors (Lipinski definition) is 2. The van der Waals surface area contributed by atoms with Crippen LogP contribution in [0.4, 0.5) is 11.4 Å². The van der Waals surface area contributed by atoms with Crippen molar-refractivity contribution < 1.29 is 17.9 Å². The number of carbonyl (C=O) groups excluding carboxylic acids is 1. The molecule has 2 rings (SSSR count). The zero-order valence-electron chi connectivity index (χ0n) is 15.0. The molecule has 1 aliphatic heterocycles. The van der Waals surface area contributed by atoms with E-state index in [9.17, 15) is 13.2 Å². The summed E-state index contributed by atoms with van der Waals surface area (Å²) in [5.41, 5.74) is 6.71. The van der Waals surface area contributed by atoms with Gasteiger partial charge in [0.25, 0.3) is 5.91 Å². The van der Waals surface area contributed by atoms with E-state index in [1.807, 2.05) is 14.1 Å². The third kappa shape index (κ3) is 4.30. The molecule has 0 spiro atoms. The van der Waals surface area contributed by atoms with Crippen molar-refractivity contribution in [3.8, 4) is 0 Å². The molecular formula is C16H26N4O4S. The fourth-order valence-corrected chi connectivity index (χ4v) is 3.59.